The van der Waals surface area contributed by atoms with Crippen molar-refractivity contribution in [3.63, 3.8) is 0 Å². The number of hydrogen-bond donors (Lipinski definition) is 0. The quantitative estimate of drug-likeness (QED) is 0.357. The van der Waals surface area contributed by atoms with Crippen LogP contribution in [0.4, 0.5) is 0 Å². The Morgan fingerprint density at radius 1 is 0.826 bits per heavy atom. The molecular formula is C22H47N. The lowest BCUT2D eigenvalue weighted by Crippen LogP contribution is -2.43. The molecule has 0 aliphatic rings. The van der Waals surface area contributed by atoms with Crippen LogP contribution in [0.25, 0.3) is 0 Å². The van der Waals surface area contributed by atoms with E-state index in [1.165, 1.54) is 44.9 Å². The van der Waals surface area contributed by atoms with Gasteiger partial charge in [0.05, 0.1) is 0 Å². The molecule has 1 nitrogen and oxygen atoms in total. The molecule has 5 unspecified atom stereocenters. The summed E-state index contributed by atoms with van der Waals surface area (Å²) in [7, 11) is 4.59. The number of rotatable bonds is 13. The van der Waals surface area contributed by atoms with Crippen molar-refractivity contribution in [1.82, 2.24) is 4.90 Å². The van der Waals surface area contributed by atoms with Crippen LogP contribution in [-0.4, -0.2) is 25.0 Å². The largest absolute Gasteiger partial charge is 0.306 e. The lowest BCUT2D eigenvalue weighted by atomic mass is 9.73. The number of unbranched alkanes of at least 4 members (excludes halogenated alkanes) is 1. The zero-order valence-corrected chi connectivity index (χ0v) is 17.9. The molecule has 5 atom stereocenters. The molecule has 0 aliphatic heterocycles. The van der Waals surface area contributed by atoms with Crippen molar-refractivity contribution in [2.24, 2.45) is 29.6 Å². The summed E-state index contributed by atoms with van der Waals surface area (Å²) >= 11 is 0. The summed E-state index contributed by atoms with van der Waals surface area (Å²) in [6, 6.07) is 0.723. The predicted molar refractivity (Wildman–Crippen MR) is 107 cm³/mol. The van der Waals surface area contributed by atoms with Gasteiger partial charge in [-0.2, -0.15) is 0 Å². The van der Waals surface area contributed by atoms with Gasteiger partial charge in [-0.25, -0.2) is 0 Å². The maximum atomic E-state index is 2.51. The van der Waals surface area contributed by atoms with Gasteiger partial charge in [-0.05, 0) is 56.5 Å². The van der Waals surface area contributed by atoms with Crippen LogP contribution in [0.2, 0.25) is 0 Å². The minimum Gasteiger partial charge on any atom is -0.306 e. The molecule has 0 N–H and O–H groups in total. The third-order valence-electron chi connectivity index (χ3n) is 6.12. The molecular weight excluding hydrogens is 278 g/mol. The third-order valence-corrected chi connectivity index (χ3v) is 6.12. The molecule has 0 amide bonds. The second-order valence-electron chi connectivity index (χ2n) is 8.74. The van der Waals surface area contributed by atoms with E-state index in [0.29, 0.717) is 0 Å². The molecule has 0 saturated carbocycles. The van der Waals surface area contributed by atoms with Crippen LogP contribution in [0.1, 0.15) is 93.4 Å². The average molecular weight is 326 g/mol. The fraction of sp³-hybridized carbons (Fsp3) is 1.00. The first kappa shape index (κ1) is 23.0. The molecule has 0 rings (SSSR count). The van der Waals surface area contributed by atoms with Crippen LogP contribution in [0.3, 0.4) is 0 Å². The maximum absolute atomic E-state index is 2.51. The Morgan fingerprint density at radius 3 is 1.83 bits per heavy atom. The summed E-state index contributed by atoms with van der Waals surface area (Å²) in [5.41, 5.74) is 0. The van der Waals surface area contributed by atoms with E-state index in [-0.39, 0.29) is 0 Å². The molecule has 140 valence electrons. The summed E-state index contributed by atoms with van der Waals surface area (Å²) < 4.78 is 0. The second-order valence-corrected chi connectivity index (χ2v) is 8.74. The van der Waals surface area contributed by atoms with Gasteiger partial charge < -0.3 is 4.90 Å². The fourth-order valence-corrected chi connectivity index (χ4v) is 4.31. The first-order valence-corrected chi connectivity index (χ1v) is 10.4. The van der Waals surface area contributed by atoms with E-state index < -0.39 is 0 Å². The van der Waals surface area contributed by atoms with Gasteiger partial charge in [0, 0.05) is 6.04 Å². The molecule has 0 heterocycles. The highest BCUT2D eigenvalue weighted by atomic mass is 15.1. The molecule has 0 aliphatic carbocycles. The standard InChI is InChI=1S/C22H47N/c1-10-13-14-20(15-18(6)11-2)16-21(17(4)5)22(23(8)9)19(7)12-3/h17-22H,10-16H2,1-9H3. The topological polar surface area (TPSA) is 3.24 Å². The van der Waals surface area contributed by atoms with Gasteiger partial charge in [0.15, 0.2) is 0 Å². The van der Waals surface area contributed by atoms with Crippen LogP contribution in [0, 0.1) is 29.6 Å². The Bertz CT molecular complexity index is 271. The highest BCUT2D eigenvalue weighted by Gasteiger charge is 2.32. The Balaban J connectivity index is 5.13. The molecule has 23 heavy (non-hydrogen) atoms. The van der Waals surface area contributed by atoms with Gasteiger partial charge in [0.25, 0.3) is 0 Å². The van der Waals surface area contributed by atoms with Crippen LogP contribution in [0.15, 0.2) is 0 Å². The smallest absolute Gasteiger partial charge is 0.0145 e. The monoisotopic (exact) mass is 325 g/mol. The van der Waals surface area contributed by atoms with Gasteiger partial charge in [-0.15, -0.1) is 0 Å². The number of nitrogens with zero attached hydrogens (tertiary/aromatic N) is 1. The second kappa shape index (κ2) is 12.3. The van der Waals surface area contributed by atoms with Gasteiger partial charge >= 0.3 is 0 Å². The SMILES string of the molecule is CCCCC(CC(C)CC)CC(C(C)C)C(C(C)CC)N(C)C. The fourth-order valence-electron chi connectivity index (χ4n) is 4.31. The molecule has 0 aromatic carbocycles. The summed E-state index contributed by atoms with van der Waals surface area (Å²) in [5.74, 6) is 4.19. The average Bonchev–Trinajstić information content (AvgIpc) is 2.50. The van der Waals surface area contributed by atoms with Crippen molar-refractivity contribution in [2.75, 3.05) is 14.1 Å². The predicted octanol–water partition coefficient (Wildman–Crippen LogP) is 6.87. The molecule has 0 aromatic heterocycles. The van der Waals surface area contributed by atoms with E-state index in [2.05, 4.69) is 67.5 Å². The zero-order chi connectivity index (χ0) is 18.0. The van der Waals surface area contributed by atoms with Crippen molar-refractivity contribution in [1.29, 1.82) is 0 Å². The Hall–Kier alpha value is -0.0400. The van der Waals surface area contributed by atoms with Gasteiger partial charge in [0.1, 0.15) is 0 Å². The molecule has 0 radical (unpaired) electrons. The van der Waals surface area contributed by atoms with Crippen molar-refractivity contribution >= 4 is 0 Å². The third kappa shape index (κ3) is 8.57. The van der Waals surface area contributed by atoms with Gasteiger partial charge in [-0.3, -0.25) is 0 Å². The van der Waals surface area contributed by atoms with E-state index in [9.17, 15) is 0 Å². The highest BCUT2D eigenvalue weighted by molar-refractivity contribution is 4.84. The van der Waals surface area contributed by atoms with Crippen LogP contribution in [0.5, 0.6) is 0 Å². The lowest BCUT2D eigenvalue weighted by molar-refractivity contribution is 0.0900. The normalized spacial score (nSPS) is 18.9. The first-order valence-electron chi connectivity index (χ1n) is 10.4. The highest BCUT2D eigenvalue weighted by Crippen LogP contribution is 2.35. The van der Waals surface area contributed by atoms with Crippen molar-refractivity contribution < 1.29 is 0 Å². The van der Waals surface area contributed by atoms with Crippen molar-refractivity contribution in [2.45, 2.75) is 99.5 Å². The van der Waals surface area contributed by atoms with E-state index in [4.69, 9.17) is 0 Å². The Kier molecular flexibility index (Phi) is 12.3. The minimum absolute atomic E-state index is 0.723. The van der Waals surface area contributed by atoms with Crippen molar-refractivity contribution in [3.8, 4) is 0 Å². The minimum atomic E-state index is 0.723. The van der Waals surface area contributed by atoms with E-state index >= 15 is 0 Å². The van der Waals surface area contributed by atoms with Crippen LogP contribution in [-0.2, 0) is 0 Å². The summed E-state index contributed by atoms with van der Waals surface area (Å²) in [5, 5.41) is 0. The molecule has 0 aromatic rings. The zero-order valence-electron chi connectivity index (χ0n) is 17.9. The molecule has 0 spiro atoms. The van der Waals surface area contributed by atoms with Crippen LogP contribution >= 0.6 is 0 Å². The van der Waals surface area contributed by atoms with E-state index in [1.807, 2.05) is 0 Å². The Labute approximate surface area is 148 Å². The van der Waals surface area contributed by atoms with Crippen molar-refractivity contribution in [3.05, 3.63) is 0 Å². The molecule has 0 fully saturated rings. The summed E-state index contributed by atoms with van der Waals surface area (Å²) in [6.45, 7) is 16.8. The van der Waals surface area contributed by atoms with E-state index in [0.717, 1.165) is 35.6 Å². The first-order chi connectivity index (χ1) is 10.8. The lowest BCUT2D eigenvalue weighted by Gasteiger charge is -2.41. The summed E-state index contributed by atoms with van der Waals surface area (Å²) in [4.78, 5) is 2.51. The molecule has 0 saturated heterocycles. The van der Waals surface area contributed by atoms with Gasteiger partial charge in [-0.1, -0.05) is 80.6 Å². The maximum Gasteiger partial charge on any atom is 0.0145 e. The molecule has 1 heteroatoms. The Morgan fingerprint density at radius 2 is 1.43 bits per heavy atom. The molecule has 0 bridgehead atoms. The summed E-state index contributed by atoms with van der Waals surface area (Å²) in [6.07, 6.45) is 9.66. The number of hydrogen-bond acceptors (Lipinski definition) is 1. The van der Waals surface area contributed by atoms with Gasteiger partial charge in [0.2, 0.25) is 0 Å². The van der Waals surface area contributed by atoms with E-state index in [1.54, 1.807) is 0 Å². The van der Waals surface area contributed by atoms with Crippen LogP contribution < -0.4 is 0 Å².